The molecule has 0 saturated heterocycles. The summed E-state index contributed by atoms with van der Waals surface area (Å²) in [6, 6.07) is 0. The molecule has 0 nitrogen and oxygen atoms in total. The number of rotatable bonds is 3. The van der Waals surface area contributed by atoms with Gasteiger partial charge in [-0.3, -0.25) is 0 Å². The van der Waals surface area contributed by atoms with E-state index in [0.717, 1.165) is 17.8 Å². The zero-order valence-corrected chi connectivity index (χ0v) is 18.4. The van der Waals surface area contributed by atoms with E-state index in [1.54, 1.807) is 77.0 Å². The fourth-order valence-electron chi connectivity index (χ4n) is 9.25. The number of fused-ring (bicyclic) bond motifs is 6. The Hall–Kier alpha value is 1.70. The SMILES string of the molecule is C1C[C@H]2C[C@@H]1C[C@H]2[B-]([C@@H]1C[C@H]2CC[C@@H]1C2)[C@@H]1C[C@H]2CC[C@@H]1C2.[K+]. The van der Waals surface area contributed by atoms with E-state index in [1.165, 1.54) is 41.9 Å². The first kappa shape index (κ1) is 16.8. The van der Waals surface area contributed by atoms with Crippen molar-refractivity contribution in [2.75, 3.05) is 0 Å². The van der Waals surface area contributed by atoms with Gasteiger partial charge in [0.15, 0.2) is 0 Å². The van der Waals surface area contributed by atoms with E-state index in [4.69, 9.17) is 0 Å². The maximum absolute atomic E-state index is 1.66. The normalized spacial score (nSPS) is 56.0. The van der Waals surface area contributed by atoms with Crippen molar-refractivity contribution in [2.24, 2.45) is 35.5 Å². The van der Waals surface area contributed by atoms with Gasteiger partial charge in [-0.25, -0.2) is 0 Å². The molecule has 0 aromatic heterocycles. The van der Waals surface area contributed by atoms with E-state index in [2.05, 4.69) is 0 Å². The Balaban J connectivity index is 0.00000121. The Morgan fingerprint density at radius 1 is 0.435 bits per heavy atom. The Kier molecular flexibility index (Phi) is 4.68. The molecule has 0 unspecified atom stereocenters. The van der Waals surface area contributed by atoms with Crippen molar-refractivity contribution in [3.63, 3.8) is 0 Å². The summed E-state index contributed by atoms with van der Waals surface area (Å²) < 4.78 is 0. The molecular formula is C21H33BK. The molecule has 6 bridgehead atoms. The molecular weight excluding hydrogens is 302 g/mol. The average Bonchev–Trinajstić information content (AvgIpc) is 3.32. The zero-order chi connectivity index (χ0) is 14.3. The molecule has 6 rings (SSSR count). The van der Waals surface area contributed by atoms with Crippen molar-refractivity contribution >= 4 is 6.71 Å². The Morgan fingerprint density at radius 3 is 1.00 bits per heavy atom. The van der Waals surface area contributed by atoms with Crippen molar-refractivity contribution in [1.29, 1.82) is 0 Å². The van der Waals surface area contributed by atoms with Crippen LogP contribution in [0.4, 0.5) is 0 Å². The van der Waals surface area contributed by atoms with Crippen LogP contribution in [0.15, 0.2) is 0 Å². The molecule has 0 heterocycles. The molecule has 121 valence electrons. The van der Waals surface area contributed by atoms with E-state index in [-0.39, 0.29) is 51.4 Å². The van der Waals surface area contributed by atoms with Crippen molar-refractivity contribution in [1.82, 2.24) is 0 Å². The minimum Gasteiger partial charge on any atom is -0.193 e. The van der Waals surface area contributed by atoms with Crippen LogP contribution in [-0.4, -0.2) is 6.71 Å². The predicted octanol–water partition coefficient (Wildman–Crippen LogP) is 3.06. The van der Waals surface area contributed by atoms with Crippen LogP contribution in [0.2, 0.25) is 17.5 Å². The van der Waals surface area contributed by atoms with Gasteiger partial charge in [-0.05, 0) is 17.8 Å². The van der Waals surface area contributed by atoms with Gasteiger partial charge in [-0.1, -0.05) is 94.8 Å². The maximum atomic E-state index is 1.66. The van der Waals surface area contributed by atoms with Crippen molar-refractivity contribution in [2.45, 2.75) is 94.5 Å². The zero-order valence-electron chi connectivity index (χ0n) is 15.3. The third-order valence-electron chi connectivity index (χ3n) is 9.86. The summed E-state index contributed by atoms with van der Waals surface area (Å²) in [5.41, 5.74) is 0. The molecule has 0 amide bonds. The van der Waals surface area contributed by atoms with Crippen LogP contribution in [0.3, 0.4) is 0 Å². The van der Waals surface area contributed by atoms with E-state index in [9.17, 15) is 0 Å². The van der Waals surface area contributed by atoms with Crippen LogP contribution in [0, 0.1) is 35.5 Å². The molecule has 6 fully saturated rings. The first-order valence-electron chi connectivity index (χ1n) is 10.8. The average molecular weight is 335 g/mol. The predicted molar refractivity (Wildman–Crippen MR) is 93.3 cm³/mol. The molecule has 0 aromatic rings. The maximum Gasteiger partial charge on any atom is 1.00 e. The molecule has 23 heavy (non-hydrogen) atoms. The number of hydrogen-bond acceptors (Lipinski definition) is 0. The fourth-order valence-corrected chi connectivity index (χ4v) is 9.25. The van der Waals surface area contributed by atoms with Gasteiger partial charge in [0.2, 0.25) is 0 Å². The van der Waals surface area contributed by atoms with Gasteiger partial charge in [-0.2, -0.15) is 17.5 Å². The summed E-state index contributed by atoms with van der Waals surface area (Å²) in [5.74, 6) is 10.6. The third kappa shape index (κ3) is 2.67. The second-order valence-corrected chi connectivity index (χ2v) is 10.6. The minimum absolute atomic E-state index is 0. The first-order chi connectivity index (χ1) is 10.8. The standard InChI is InChI=1S/C21H33B.K/c1-4-16-7-13(1)10-19(16)22(20-11-14-2-5-17(20)8-14)21-12-15-3-6-18(21)9-15;/h13-21H,1-12H2;/q-1;+1/t13-,14-,15+,16+,17+,18-,19+,20+,21+;/m0./s1. The van der Waals surface area contributed by atoms with Gasteiger partial charge in [0.1, 0.15) is 0 Å². The minimum atomic E-state index is 0. The molecule has 0 aliphatic heterocycles. The van der Waals surface area contributed by atoms with Crippen LogP contribution >= 0.6 is 0 Å². The van der Waals surface area contributed by atoms with Crippen LogP contribution in [0.25, 0.3) is 0 Å². The van der Waals surface area contributed by atoms with E-state index < -0.39 is 0 Å². The summed E-state index contributed by atoms with van der Waals surface area (Å²) >= 11 is 0. The second-order valence-electron chi connectivity index (χ2n) is 10.6. The smallest absolute Gasteiger partial charge is 0.193 e. The summed E-state index contributed by atoms with van der Waals surface area (Å²) in [5, 5.41) is 0. The van der Waals surface area contributed by atoms with Crippen molar-refractivity contribution < 1.29 is 51.4 Å². The quantitative estimate of drug-likeness (QED) is 0.696. The van der Waals surface area contributed by atoms with Crippen LogP contribution in [0.1, 0.15) is 77.0 Å². The fraction of sp³-hybridized carbons (Fsp3) is 1.00. The van der Waals surface area contributed by atoms with E-state index in [0.29, 0.717) is 0 Å². The van der Waals surface area contributed by atoms with Gasteiger partial charge in [-0.15, -0.1) is 6.71 Å². The molecule has 0 N–H and O–H groups in total. The van der Waals surface area contributed by atoms with Gasteiger partial charge < -0.3 is 0 Å². The topological polar surface area (TPSA) is 0 Å². The van der Waals surface area contributed by atoms with Gasteiger partial charge in [0, 0.05) is 0 Å². The third-order valence-corrected chi connectivity index (χ3v) is 9.86. The molecule has 6 aliphatic rings. The van der Waals surface area contributed by atoms with Gasteiger partial charge >= 0.3 is 51.4 Å². The molecule has 6 aliphatic carbocycles. The van der Waals surface area contributed by atoms with Crippen molar-refractivity contribution in [3.05, 3.63) is 0 Å². The summed E-state index contributed by atoms with van der Waals surface area (Å²) in [6.07, 6.45) is 19.6. The van der Waals surface area contributed by atoms with Gasteiger partial charge in [0.05, 0.1) is 0 Å². The molecule has 1 radical (unpaired) electrons. The molecule has 0 spiro atoms. The second kappa shape index (κ2) is 6.40. The Bertz CT molecular complexity index is 398. The summed E-state index contributed by atoms with van der Waals surface area (Å²) in [6.45, 7) is 1.20. The molecule has 6 saturated carbocycles. The molecule has 2 heteroatoms. The summed E-state index contributed by atoms with van der Waals surface area (Å²) in [4.78, 5) is 0. The first-order valence-corrected chi connectivity index (χ1v) is 10.8. The monoisotopic (exact) mass is 335 g/mol. The largest absolute Gasteiger partial charge is 1.00 e. The van der Waals surface area contributed by atoms with E-state index >= 15 is 0 Å². The summed E-state index contributed by atoms with van der Waals surface area (Å²) in [7, 11) is 0. The molecule has 9 atom stereocenters. The Labute approximate surface area is 186 Å². The van der Waals surface area contributed by atoms with E-state index in [1.807, 2.05) is 0 Å². The van der Waals surface area contributed by atoms with Crippen LogP contribution in [-0.2, 0) is 0 Å². The van der Waals surface area contributed by atoms with Crippen LogP contribution < -0.4 is 51.4 Å². The molecule has 0 aromatic carbocycles. The van der Waals surface area contributed by atoms with Crippen LogP contribution in [0.5, 0.6) is 0 Å². The number of hydrogen-bond donors (Lipinski definition) is 0. The van der Waals surface area contributed by atoms with Gasteiger partial charge in [0.25, 0.3) is 0 Å². The Morgan fingerprint density at radius 2 is 0.783 bits per heavy atom. The van der Waals surface area contributed by atoms with Crippen molar-refractivity contribution in [3.8, 4) is 0 Å².